The summed E-state index contributed by atoms with van der Waals surface area (Å²) in [6, 6.07) is 1.20. The Bertz CT molecular complexity index is 410. The number of aromatic nitrogens is 1. The zero-order valence-corrected chi connectivity index (χ0v) is 9.52. The molecule has 0 saturated carbocycles. The van der Waals surface area contributed by atoms with Gasteiger partial charge in [-0.15, -0.1) is 0 Å². The summed E-state index contributed by atoms with van der Waals surface area (Å²) in [6.45, 7) is 1.58. The monoisotopic (exact) mass is 249 g/mol. The van der Waals surface area contributed by atoms with Gasteiger partial charge in [0.05, 0.1) is 24.2 Å². The van der Waals surface area contributed by atoms with Crippen molar-refractivity contribution in [3.8, 4) is 0 Å². The Hall–Kier alpha value is -1.23. The van der Waals surface area contributed by atoms with E-state index in [2.05, 4.69) is 9.72 Å². The fourth-order valence-corrected chi connectivity index (χ4v) is 1.35. The van der Waals surface area contributed by atoms with Crippen LogP contribution in [0.5, 0.6) is 0 Å². The number of hydrogen-bond donors (Lipinski definition) is 0. The number of carbonyl (C=O) groups is 1. The molecular weight excluding hydrogens is 240 g/mol. The summed E-state index contributed by atoms with van der Waals surface area (Å²) in [6.07, 6.45) is -2.90. The quantitative estimate of drug-likeness (QED) is 0.773. The van der Waals surface area contributed by atoms with Crippen molar-refractivity contribution >= 4 is 17.6 Å². The molecule has 0 aliphatic carbocycles. The van der Waals surface area contributed by atoms with Gasteiger partial charge in [-0.05, 0) is 18.6 Å². The molecule has 0 spiro atoms. The summed E-state index contributed by atoms with van der Waals surface area (Å²) in [7, 11) is 1.21. The molecule has 0 radical (unpaired) electrons. The molecule has 88 valence electrons. The maximum absolute atomic E-state index is 12.5. The van der Waals surface area contributed by atoms with E-state index in [-0.39, 0.29) is 22.8 Å². The van der Waals surface area contributed by atoms with Gasteiger partial charge >= 0.3 is 5.97 Å². The van der Waals surface area contributed by atoms with Crippen LogP contribution in [0.3, 0.4) is 0 Å². The Morgan fingerprint density at radius 3 is 2.75 bits per heavy atom. The molecule has 6 heteroatoms. The van der Waals surface area contributed by atoms with Gasteiger partial charge in [0.25, 0.3) is 6.43 Å². The molecule has 0 fully saturated rings. The number of alkyl halides is 2. The molecule has 0 atom stereocenters. The molecule has 0 unspecified atom stereocenters. The largest absolute Gasteiger partial charge is 0.469 e. The number of ether oxygens (including phenoxy) is 1. The summed E-state index contributed by atoms with van der Waals surface area (Å²) in [5, 5.41) is 0.217. The number of esters is 1. The van der Waals surface area contributed by atoms with Crippen LogP contribution in [0, 0.1) is 6.92 Å². The van der Waals surface area contributed by atoms with Gasteiger partial charge in [0, 0.05) is 0 Å². The lowest BCUT2D eigenvalue weighted by Crippen LogP contribution is -2.09. The van der Waals surface area contributed by atoms with Crippen molar-refractivity contribution < 1.29 is 18.3 Å². The maximum atomic E-state index is 12.5. The van der Waals surface area contributed by atoms with Crippen molar-refractivity contribution in [1.29, 1.82) is 0 Å². The third kappa shape index (κ3) is 2.88. The van der Waals surface area contributed by atoms with Crippen molar-refractivity contribution in [2.45, 2.75) is 19.8 Å². The molecule has 1 rings (SSSR count). The van der Waals surface area contributed by atoms with E-state index >= 15 is 0 Å². The van der Waals surface area contributed by atoms with Crippen molar-refractivity contribution in [1.82, 2.24) is 4.98 Å². The normalized spacial score (nSPS) is 10.6. The zero-order valence-electron chi connectivity index (χ0n) is 8.76. The van der Waals surface area contributed by atoms with E-state index in [1.54, 1.807) is 6.92 Å². The van der Waals surface area contributed by atoms with Gasteiger partial charge in [-0.1, -0.05) is 11.6 Å². The Labute approximate surface area is 96.4 Å². The molecule has 0 aliphatic heterocycles. The highest BCUT2D eigenvalue weighted by Crippen LogP contribution is 2.25. The Morgan fingerprint density at radius 1 is 1.62 bits per heavy atom. The summed E-state index contributed by atoms with van der Waals surface area (Å²) in [5.41, 5.74) is 0.190. The average molecular weight is 250 g/mol. The lowest BCUT2D eigenvalue weighted by Gasteiger charge is -2.08. The topological polar surface area (TPSA) is 39.2 Å². The van der Waals surface area contributed by atoms with Gasteiger partial charge in [0.15, 0.2) is 0 Å². The standard InChI is InChI=1S/C10H10ClF2NO2/c1-5-3-7(10(12)13)14-6(9(5)11)4-8(15)16-2/h3,10H,4H2,1-2H3. The van der Waals surface area contributed by atoms with E-state index in [4.69, 9.17) is 11.6 Å². The smallest absolute Gasteiger partial charge is 0.311 e. The molecule has 0 N–H and O–H groups in total. The number of methoxy groups -OCH3 is 1. The predicted molar refractivity (Wildman–Crippen MR) is 54.7 cm³/mol. The van der Waals surface area contributed by atoms with Crippen LogP contribution in [-0.2, 0) is 16.0 Å². The second-order valence-corrected chi connectivity index (χ2v) is 3.56. The zero-order chi connectivity index (χ0) is 12.3. The first kappa shape index (κ1) is 12.8. The van der Waals surface area contributed by atoms with E-state index < -0.39 is 12.4 Å². The third-order valence-corrected chi connectivity index (χ3v) is 2.51. The lowest BCUT2D eigenvalue weighted by atomic mass is 10.1. The number of nitrogens with zero attached hydrogens (tertiary/aromatic N) is 1. The van der Waals surface area contributed by atoms with Crippen molar-refractivity contribution in [2.75, 3.05) is 7.11 Å². The average Bonchev–Trinajstić information content (AvgIpc) is 2.23. The molecular formula is C10H10ClF2NO2. The van der Waals surface area contributed by atoms with E-state index in [1.165, 1.54) is 13.2 Å². The number of pyridine rings is 1. The highest BCUT2D eigenvalue weighted by molar-refractivity contribution is 6.32. The highest BCUT2D eigenvalue weighted by atomic mass is 35.5. The Morgan fingerprint density at radius 2 is 2.25 bits per heavy atom. The molecule has 0 aromatic carbocycles. The molecule has 16 heavy (non-hydrogen) atoms. The van der Waals surface area contributed by atoms with Crippen molar-refractivity contribution in [2.24, 2.45) is 0 Å². The van der Waals surface area contributed by atoms with Gasteiger partial charge in [-0.3, -0.25) is 4.79 Å². The van der Waals surface area contributed by atoms with E-state index in [0.29, 0.717) is 5.56 Å². The molecule has 1 aromatic rings. The van der Waals surface area contributed by atoms with E-state index in [1.807, 2.05) is 0 Å². The molecule has 0 bridgehead atoms. The second kappa shape index (κ2) is 5.21. The van der Waals surface area contributed by atoms with Crippen LogP contribution < -0.4 is 0 Å². The fourth-order valence-electron chi connectivity index (χ4n) is 1.19. The van der Waals surface area contributed by atoms with Crippen LogP contribution in [0.2, 0.25) is 5.02 Å². The first-order valence-corrected chi connectivity index (χ1v) is 4.84. The molecule has 0 amide bonds. The summed E-state index contributed by atoms with van der Waals surface area (Å²) in [5.74, 6) is -0.569. The van der Waals surface area contributed by atoms with Gasteiger partial charge in [-0.25, -0.2) is 13.8 Å². The van der Waals surface area contributed by atoms with Crippen LogP contribution in [0.4, 0.5) is 8.78 Å². The molecule has 1 heterocycles. The van der Waals surface area contributed by atoms with Crippen LogP contribution in [-0.4, -0.2) is 18.1 Å². The summed E-state index contributed by atoms with van der Waals surface area (Å²) in [4.78, 5) is 14.7. The fraction of sp³-hybridized carbons (Fsp3) is 0.400. The first-order valence-electron chi connectivity index (χ1n) is 4.46. The van der Waals surface area contributed by atoms with E-state index in [0.717, 1.165) is 0 Å². The van der Waals surface area contributed by atoms with Gasteiger partial charge < -0.3 is 4.74 Å². The van der Waals surface area contributed by atoms with Crippen LogP contribution in [0.25, 0.3) is 0 Å². The number of carbonyl (C=O) groups excluding carboxylic acids is 1. The maximum Gasteiger partial charge on any atom is 0.311 e. The Kier molecular flexibility index (Phi) is 4.18. The SMILES string of the molecule is COC(=O)Cc1nc(C(F)F)cc(C)c1Cl. The molecule has 0 saturated heterocycles. The molecule has 3 nitrogen and oxygen atoms in total. The van der Waals surface area contributed by atoms with Crippen molar-refractivity contribution in [3.05, 3.63) is 28.0 Å². The predicted octanol–water partition coefficient (Wildman–Crippen LogP) is 2.70. The number of aryl methyl sites for hydroxylation is 1. The van der Waals surface area contributed by atoms with E-state index in [9.17, 15) is 13.6 Å². The summed E-state index contributed by atoms with van der Waals surface area (Å²) >= 11 is 5.86. The third-order valence-electron chi connectivity index (χ3n) is 1.99. The molecule has 0 aliphatic rings. The number of hydrogen-bond acceptors (Lipinski definition) is 3. The Balaban J connectivity index is 3.11. The van der Waals surface area contributed by atoms with Gasteiger partial charge in [0.1, 0.15) is 5.69 Å². The number of halogens is 3. The minimum Gasteiger partial charge on any atom is -0.469 e. The number of rotatable bonds is 3. The summed E-state index contributed by atoms with van der Waals surface area (Å²) < 4.78 is 29.3. The molecule has 1 aromatic heterocycles. The van der Waals surface area contributed by atoms with Gasteiger partial charge in [-0.2, -0.15) is 0 Å². The van der Waals surface area contributed by atoms with Gasteiger partial charge in [0.2, 0.25) is 0 Å². The van der Waals surface area contributed by atoms with Crippen LogP contribution in [0.1, 0.15) is 23.4 Å². The van der Waals surface area contributed by atoms with Crippen molar-refractivity contribution in [3.63, 3.8) is 0 Å². The van der Waals surface area contributed by atoms with Crippen LogP contribution >= 0.6 is 11.6 Å². The lowest BCUT2D eigenvalue weighted by molar-refractivity contribution is -0.139. The highest BCUT2D eigenvalue weighted by Gasteiger charge is 2.16. The van der Waals surface area contributed by atoms with Crippen LogP contribution in [0.15, 0.2) is 6.07 Å². The minimum atomic E-state index is -2.69. The first-order chi connectivity index (χ1) is 7.45. The second-order valence-electron chi connectivity index (χ2n) is 3.18. The minimum absolute atomic E-state index is 0.115.